The van der Waals surface area contributed by atoms with Crippen LogP contribution in [-0.4, -0.2) is 38.0 Å². The van der Waals surface area contributed by atoms with Crippen LogP contribution in [-0.2, 0) is 11.2 Å². The average Bonchev–Trinajstić information content (AvgIpc) is 2.71. The lowest BCUT2D eigenvalue weighted by molar-refractivity contribution is 0.0724. The maximum Gasteiger partial charge on any atom is 0.165 e. The molecule has 0 amide bonds. The summed E-state index contributed by atoms with van der Waals surface area (Å²) in [5, 5.41) is 3.39. The lowest BCUT2D eigenvalue weighted by Gasteiger charge is -2.23. The molecule has 0 spiro atoms. The Bertz CT molecular complexity index is 471. The summed E-state index contributed by atoms with van der Waals surface area (Å²) >= 11 is 0. The number of hydrogen-bond donors (Lipinski definition) is 1. The summed E-state index contributed by atoms with van der Waals surface area (Å²) in [6.07, 6.45) is 0.884. The van der Waals surface area contributed by atoms with E-state index in [4.69, 9.17) is 14.2 Å². The minimum atomic E-state index is -0.158. The standard InChI is InChI=1S/C17H27NO3/c1-12(2)18-10-14(11-19-5)20-15-8-6-7-13-9-17(3,4)21-16(13)15/h6-8,12,14,18H,9-11H2,1-5H3. The van der Waals surface area contributed by atoms with Crippen LogP contribution in [0.3, 0.4) is 0 Å². The molecule has 1 unspecified atom stereocenters. The van der Waals surface area contributed by atoms with Gasteiger partial charge in [-0.1, -0.05) is 26.0 Å². The molecule has 0 saturated heterocycles. The highest BCUT2D eigenvalue weighted by Crippen LogP contribution is 2.42. The third-order valence-electron chi connectivity index (χ3n) is 3.45. The summed E-state index contributed by atoms with van der Waals surface area (Å²) in [5.74, 6) is 1.69. The van der Waals surface area contributed by atoms with Crippen molar-refractivity contribution in [3.63, 3.8) is 0 Å². The lowest BCUT2D eigenvalue weighted by Crippen LogP contribution is -2.38. The quantitative estimate of drug-likeness (QED) is 0.839. The zero-order chi connectivity index (χ0) is 15.5. The first-order valence-corrected chi connectivity index (χ1v) is 7.61. The average molecular weight is 293 g/mol. The van der Waals surface area contributed by atoms with Gasteiger partial charge in [0.1, 0.15) is 11.7 Å². The molecule has 21 heavy (non-hydrogen) atoms. The molecule has 1 N–H and O–H groups in total. The molecule has 1 aromatic rings. The van der Waals surface area contributed by atoms with E-state index in [1.807, 2.05) is 12.1 Å². The molecule has 118 valence electrons. The number of methoxy groups -OCH3 is 1. The molecule has 1 aromatic carbocycles. The summed E-state index contributed by atoms with van der Waals surface area (Å²) < 4.78 is 17.4. The summed E-state index contributed by atoms with van der Waals surface area (Å²) in [6.45, 7) is 9.74. The third kappa shape index (κ3) is 4.35. The van der Waals surface area contributed by atoms with Gasteiger partial charge in [-0.15, -0.1) is 0 Å². The van der Waals surface area contributed by atoms with Crippen molar-refractivity contribution in [1.29, 1.82) is 0 Å². The van der Waals surface area contributed by atoms with Crippen LogP contribution in [0.5, 0.6) is 11.5 Å². The normalized spacial score (nSPS) is 17.4. The van der Waals surface area contributed by atoms with Crippen LogP contribution in [0, 0.1) is 0 Å². The van der Waals surface area contributed by atoms with E-state index in [0.717, 1.165) is 24.5 Å². The number of rotatable bonds is 7. The van der Waals surface area contributed by atoms with Crippen LogP contribution in [0.2, 0.25) is 0 Å². The second-order valence-electron chi connectivity index (χ2n) is 6.54. The molecular formula is C17H27NO3. The second kappa shape index (κ2) is 6.67. The monoisotopic (exact) mass is 293 g/mol. The highest BCUT2D eigenvalue weighted by atomic mass is 16.6. The topological polar surface area (TPSA) is 39.7 Å². The van der Waals surface area contributed by atoms with Gasteiger partial charge in [0.25, 0.3) is 0 Å². The molecule has 0 saturated carbocycles. The van der Waals surface area contributed by atoms with Crippen LogP contribution in [0.4, 0.5) is 0 Å². The van der Waals surface area contributed by atoms with Crippen molar-refractivity contribution in [2.75, 3.05) is 20.3 Å². The lowest BCUT2D eigenvalue weighted by atomic mass is 10.0. The van der Waals surface area contributed by atoms with Crippen LogP contribution < -0.4 is 14.8 Å². The Balaban J connectivity index is 2.09. The Labute approximate surface area is 127 Å². The van der Waals surface area contributed by atoms with Crippen LogP contribution in [0.25, 0.3) is 0 Å². The summed E-state index contributed by atoms with van der Waals surface area (Å²) in [5.41, 5.74) is 1.06. The predicted molar refractivity (Wildman–Crippen MR) is 84.3 cm³/mol. The first kappa shape index (κ1) is 16.1. The van der Waals surface area contributed by atoms with Crippen LogP contribution >= 0.6 is 0 Å². The Hall–Kier alpha value is -1.26. The van der Waals surface area contributed by atoms with E-state index in [1.165, 1.54) is 5.56 Å². The molecule has 4 nitrogen and oxygen atoms in total. The van der Waals surface area contributed by atoms with Gasteiger partial charge >= 0.3 is 0 Å². The number of hydrogen-bond acceptors (Lipinski definition) is 4. The fourth-order valence-electron chi connectivity index (χ4n) is 2.55. The van der Waals surface area contributed by atoms with Gasteiger partial charge in [-0.3, -0.25) is 0 Å². The van der Waals surface area contributed by atoms with Crippen molar-refractivity contribution in [2.24, 2.45) is 0 Å². The highest BCUT2D eigenvalue weighted by molar-refractivity contribution is 5.50. The van der Waals surface area contributed by atoms with E-state index in [-0.39, 0.29) is 11.7 Å². The van der Waals surface area contributed by atoms with E-state index in [2.05, 4.69) is 39.1 Å². The van der Waals surface area contributed by atoms with Crippen molar-refractivity contribution in [3.8, 4) is 11.5 Å². The molecular weight excluding hydrogens is 266 g/mol. The molecule has 2 rings (SSSR count). The van der Waals surface area contributed by atoms with E-state index in [0.29, 0.717) is 12.6 Å². The zero-order valence-corrected chi connectivity index (χ0v) is 13.7. The Morgan fingerprint density at radius 1 is 1.33 bits per heavy atom. The largest absolute Gasteiger partial charge is 0.483 e. The first-order valence-electron chi connectivity index (χ1n) is 7.61. The van der Waals surface area contributed by atoms with Crippen LogP contribution in [0.1, 0.15) is 33.3 Å². The van der Waals surface area contributed by atoms with E-state index < -0.39 is 0 Å². The fourth-order valence-corrected chi connectivity index (χ4v) is 2.55. The third-order valence-corrected chi connectivity index (χ3v) is 3.45. The van der Waals surface area contributed by atoms with Crippen molar-refractivity contribution < 1.29 is 14.2 Å². The Kier molecular flexibility index (Phi) is 5.12. The van der Waals surface area contributed by atoms with Crippen molar-refractivity contribution in [3.05, 3.63) is 23.8 Å². The van der Waals surface area contributed by atoms with Gasteiger partial charge in [0.2, 0.25) is 0 Å². The van der Waals surface area contributed by atoms with Crippen molar-refractivity contribution >= 4 is 0 Å². The number of nitrogens with one attached hydrogen (secondary N) is 1. The molecule has 1 aliphatic heterocycles. The van der Waals surface area contributed by atoms with E-state index in [9.17, 15) is 0 Å². The minimum absolute atomic E-state index is 0.0313. The molecule has 0 bridgehead atoms. The van der Waals surface area contributed by atoms with Gasteiger partial charge in [0.15, 0.2) is 11.5 Å². The zero-order valence-electron chi connectivity index (χ0n) is 13.7. The highest BCUT2D eigenvalue weighted by Gasteiger charge is 2.32. The minimum Gasteiger partial charge on any atom is -0.483 e. The summed E-state index contributed by atoms with van der Waals surface area (Å²) in [4.78, 5) is 0. The second-order valence-corrected chi connectivity index (χ2v) is 6.54. The van der Waals surface area contributed by atoms with Crippen LogP contribution in [0.15, 0.2) is 18.2 Å². The van der Waals surface area contributed by atoms with Gasteiger partial charge in [-0.05, 0) is 19.9 Å². The van der Waals surface area contributed by atoms with E-state index in [1.54, 1.807) is 7.11 Å². The summed E-state index contributed by atoms with van der Waals surface area (Å²) in [6, 6.07) is 6.52. The SMILES string of the molecule is COCC(CNC(C)C)Oc1cccc2c1OC(C)(C)C2. The van der Waals surface area contributed by atoms with Gasteiger partial charge in [0, 0.05) is 31.7 Å². The number of benzene rings is 1. The molecule has 0 aliphatic carbocycles. The maximum absolute atomic E-state index is 6.13. The number of fused-ring (bicyclic) bond motifs is 1. The molecule has 1 aliphatic rings. The molecule has 0 radical (unpaired) electrons. The molecule has 1 atom stereocenters. The smallest absolute Gasteiger partial charge is 0.165 e. The van der Waals surface area contributed by atoms with Gasteiger partial charge in [-0.2, -0.15) is 0 Å². The van der Waals surface area contributed by atoms with Crippen molar-refractivity contribution in [1.82, 2.24) is 5.32 Å². The van der Waals surface area contributed by atoms with Crippen molar-refractivity contribution in [2.45, 2.75) is 51.9 Å². The predicted octanol–water partition coefficient (Wildman–Crippen LogP) is 2.79. The van der Waals surface area contributed by atoms with Gasteiger partial charge in [0.05, 0.1) is 6.61 Å². The number of ether oxygens (including phenoxy) is 3. The molecule has 0 fully saturated rings. The van der Waals surface area contributed by atoms with E-state index >= 15 is 0 Å². The number of para-hydroxylation sites is 1. The molecule has 1 heterocycles. The van der Waals surface area contributed by atoms with Gasteiger partial charge in [-0.25, -0.2) is 0 Å². The summed E-state index contributed by atoms with van der Waals surface area (Å²) in [7, 11) is 1.70. The Morgan fingerprint density at radius 2 is 2.10 bits per heavy atom. The first-order chi connectivity index (χ1) is 9.91. The fraction of sp³-hybridized carbons (Fsp3) is 0.647. The molecule has 4 heteroatoms. The maximum atomic E-state index is 6.13. The molecule has 0 aromatic heterocycles. The van der Waals surface area contributed by atoms with Gasteiger partial charge < -0.3 is 19.5 Å². The Morgan fingerprint density at radius 3 is 2.76 bits per heavy atom.